The topological polar surface area (TPSA) is 109 Å². The van der Waals surface area contributed by atoms with E-state index in [1.165, 1.54) is 6.42 Å². The summed E-state index contributed by atoms with van der Waals surface area (Å²) >= 11 is 0. The number of carbonyl (C=O) groups excluding carboxylic acids is 2. The number of imidazole rings is 1. The number of nitrogens with one attached hydrogen (secondary N) is 1. The lowest BCUT2D eigenvalue weighted by atomic mass is 10.1. The van der Waals surface area contributed by atoms with Gasteiger partial charge in [-0.05, 0) is 37.3 Å². The van der Waals surface area contributed by atoms with Gasteiger partial charge in [0.15, 0.2) is 11.6 Å². The third-order valence-corrected chi connectivity index (χ3v) is 6.35. The van der Waals surface area contributed by atoms with Crippen molar-refractivity contribution in [3.63, 3.8) is 0 Å². The molecule has 5 rings (SSSR count). The van der Waals surface area contributed by atoms with E-state index in [9.17, 15) is 9.59 Å². The molecule has 3 aromatic rings. The fourth-order valence-corrected chi connectivity index (χ4v) is 4.43. The van der Waals surface area contributed by atoms with Gasteiger partial charge in [0.05, 0.1) is 12.1 Å². The minimum Gasteiger partial charge on any atom is -0.488 e. The third kappa shape index (κ3) is 5.07. The van der Waals surface area contributed by atoms with E-state index in [2.05, 4.69) is 31.4 Å². The van der Waals surface area contributed by atoms with E-state index in [1.54, 1.807) is 24.8 Å². The van der Waals surface area contributed by atoms with Crippen LogP contribution < -0.4 is 15.1 Å². The van der Waals surface area contributed by atoms with Crippen LogP contribution in [0.15, 0.2) is 60.3 Å². The average Bonchev–Trinajstić information content (AvgIpc) is 3.47. The Morgan fingerprint density at radius 3 is 2.83 bits per heavy atom. The van der Waals surface area contributed by atoms with Gasteiger partial charge in [-0.2, -0.15) is 0 Å². The van der Waals surface area contributed by atoms with Crippen molar-refractivity contribution in [1.82, 2.24) is 24.4 Å². The summed E-state index contributed by atoms with van der Waals surface area (Å²) in [5.74, 6) is 2.02. The van der Waals surface area contributed by atoms with Crippen molar-refractivity contribution in [3.8, 4) is 11.6 Å². The molecule has 0 atom stereocenters. The second-order valence-electron chi connectivity index (χ2n) is 8.89. The van der Waals surface area contributed by atoms with Crippen molar-refractivity contribution in [2.75, 3.05) is 37.7 Å². The van der Waals surface area contributed by atoms with Gasteiger partial charge in [-0.1, -0.05) is 6.58 Å². The number of aromatic amines is 1. The molecule has 2 aliphatic heterocycles. The van der Waals surface area contributed by atoms with Crippen LogP contribution in [0.3, 0.4) is 0 Å². The van der Waals surface area contributed by atoms with Gasteiger partial charge in [0.1, 0.15) is 30.5 Å². The molecular formula is C26H29N7O3. The van der Waals surface area contributed by atoms with E-state index in [-0.39, 0.29) is 5.91 Å². The number of H-pyrrole nitrogens is 1. The van der Waals surface area contributed by atoms with Crippen molar-refractivity contribution in [1.29, 1.82) is 0 Å². The van der Waals surface area contributed by atoms with Gasteiger partial charge in [0, 0.05) is 56.0 Å². The second kappa shape index (κ2) is 10.6. The molecule has 0 aliphatic carbocycles. The number of fused-ring (bicyclic) bond motifs is 1. The van der Waals surface area contributed by atoms with Crippen molar-refractivity contribution < 1.29 is 14.3 Å². The number of hydrogen-bond donors (Lipinski definition) is 1. The van der Waals surface area contributed by atoms with Crippen LogP contribution in [0, 0.1) is 0 Å². The number of piperidine rings is 1. The van der Waals surface area contributed by atoms with E-state index in [0.717, 1.165) is 43.7 Å². The number of aromatic nitrogens is 4. The highest BCUT2D eigenvalue weighted by molar-refractivity contribution is 5.95. The number of rotatable bonds is 7. The first kappa shape index (κ1) is 23.5. The molecule has 36 heavy (non-hydrogen) atoms. The highest BCUT2D eigenvalue weighted by Crippen LogP contribution is 2.35. The van der Waals surface area contributed by atoms with E-state index in [1.807, 2.05) is 27.8 Å². The summed E-state index contributed by atoms with van der Waals surface area (Å²) in [6.07, 6.45) is 11.4. The molecule has 3 aromatic heterocycles. The van der Waals surface area contributed by atoms with Gasteiger partial charge in [0.2, 0.25) is 0 Å². The number of aldehydes is 1. The van der Waals surface area contributed by atoms with Crippen LogP contribution in [0.4, 0.5) is 11.5 Å². The molecule has 10 nitrogen and oxygen atoms in total. The maximum Gasteiger partial charge on any atom is 0.255 e. The highest BCUT2D eigenvalue weighted by Gasteiger charge is 2.25. The Labute approximate surface area is 209 Å². The Morgan fingerprint density at radius 2 is 2.06 bits per heavy atom. The van der Waals surface area contributed by atoms with Gasteiger partial charge >= 0.3 is 0 Å². The number of likely N-dealkylation sites (tertiary alicyclic amines) is 1. The first-order chi connectivity index (χ1) is 17.6. The van der Waals surface area contributed by atoms with Crippen LogP contribution >= 0.6 is 0 Å². The maximum absolute atomic E-state index is 13.0. The van der Waals surface area contributed by atoms with Gasteiger partial charge in [-0.25, -0.2) is 9.97 Å². The zero-order valence-corrected chi connectivity index (χ0v) is 20.1. The molecule has 0 unspecified atom stereocenters. The molecule has 1 fully saturated rings. The molecule has 1 N–H and O–H groups in total. The fourth-order valence-electron chi connectivity index (χ4n) is 4.43. The second-order valence-corrected chi connectivity index (χ2v) is 8.89. The summed E-state index contributed by atoms with van der Waals surface area (Å²) in [6.45, 7) is 6.77. The van der Waals surface area contributed by atoms with E-state index < -0.39 is 0 Å². The van der Waals surface area contributed by atoms with Crippen LogP contribution in [-0.2, 0) is 4.79 Å². The molecule has 0 spiro atoms. The fraction of sp³-hybridized carbons (Fsp3) is 0.346. The summed E-state index contributed by atoms with van der Waals surface area (Å²) < 4.78 is 7.79. The third-order valence-electron chi connectivity index (χ3n) is 6.35. The predicted molar refractivity (Wildman–Crippen MR) is 135 cm³/mol. The minimum atomic E-state index is 0.000395. The quantitative estimate of drug-likeness (QED) is 0.406. The molecule has 10 heteroatoms. The summed E-state index contributed by atoms with van der Waals surface area (Å²) in [4.78, 5) is 44.6. The van der Waals surface area contributed by atoms with Crippen LogP contribution in [0.1, 0.15) is 36.0 Å². The van der Waals surface area contributed by atoms with Crippen LogP contribution in [0.2, 0.25) is 0 Å². The van der Waals surface area contributed by atoms with Crippen molar-refractivity contribution in [2.45, 2.75) is 25.7 Å². The lowest BCUT2D eigenvalue weighted by Crippen LogP contribution is -2.36. The Hall–Kier alpha value is -4.21. The summed E-state index contributed by atoms with van der Waals surface area (Å²) in [7, 11) is 0. The smallest absolute Gasteiger partial charge is 0.255 e. The molecule has 0 radical (unpaired) electrons. The maximum atomic E-state index is 13.0. The average molecular weight is 488 g/mol. The zero-order chi connectivity index (χ0) is 24.9. The molecule has 0 bridgehead atoms. The number of amides is 1. The van der Waals surface area contributed by atoms with Crippen molar-refractivity contribution in [3.05, 3.63) is 66.3 Å². The Kier molecular flexibility index (Phi) is 6.92. The zero-order valence-electron chi connectivity index (χ0n) is 20.1. The molecule has 2 aliphatic rings. The Balaban J connectivity index is 1.48. The van der Waals surface area contributed by atoms with Gasteiger partial charge < -0.3 is 19.5 Å². The van der Waals surface area contributed by atoms with Crippen LogP contribution in [-0.4, -0.2) is 69.4 Å². The number of anilines is 2. The van der Waals surface area contributed by atoms with Crippen molar-refractivity contribution in [2.24, 2.45) is 4.99 Å². The normalized spacial score (nSPS) is 15.8. The van der Waals surface area contributed by atoms with E-state index >= 15 is 0 Å². The van der Waals surface area contributed by atoms with Gasteiger partial charge in [-0.3, -0.25) is 19.1 Å². The molecule has 0 saturated carbocycles. The number of carbonyl (C=O) groups is 2. The lowest BCUT2D eigenvalue weighted by molar-refractivity contribution is -0.105. The summed E-state index contributed by atoms with van der Waals surface area (Å²) in [6, 6.07) is 5.73. The number of ether oxygens (including phenoxy) is 1. The van der Waals surface area contributed by atoms with E-state index in [4.69, 9.17) is 4.74 Å². The molecule has 5 heterocycles. The number of hydrogen-bond acceptors (Lipinski definition) is 7. The van der Waals surface area contributed by atoms with E-state index in [0.29, 0.717) is 54.3 Å². The minimum absolute atomic E-state index is 0.000395. The first-order valence-corrected chi connectivity index (χ1v) is 12.2. The van der Waals surface area contributed by atoms with Crippen LogP contribution in [0.5, 0.6) is 5.75 Å². The SMILES string of the molecule is C=C(C=O)CC/N=c1/cc(N2CCOc3cc(C(=O)N4CCCCC4)cnc32)cc(-n2ccnc2)[nH]1. The predicted octanol–water partition coefficient (Wildman–Crippen LogP) is 2.80. The molecule has 186 valence electrons. The first-order valence-electron chi connectivity index (χ1n) is 12.2. The molecule has 0 aromatic carbocycles. The summed E-state index contributed by atoms with van der Waals surface area (Å²) in [5.41, 5.74) is 2.58. The molecular weight excluding hydrogens is 458 g/mol. The Bertz CT molecular complexity index is 1320. The van der Waals surface area contributed by atoms with Crippen LogP contribution in [0.25, 0.3) is 5.82 Å². The van der Waals surface area contributed by atoms with Crippen molar-refractivity contribution >= 4 is 23.7 Å². The largest absolute Gasteiger partial charge is 0.488 e. The van der Waals surface area contributed by atoms with Gasteiger partial charge in [0.25, 0.3) is 5.91 Å². The highest BCUT2D eigenvalue weighted by atomic mass is 16.5. The monoisotopic (exact) mass is 487 g/mol. The number of pyridine rings is 2. The Morgan fingerprint density at radius 1 is 1.19 bits per heavy atom. The lowest BCUT2D eigenvalue weighted by Gasteiger charge is -2.31. The number of nitrogens with zero attached hydrogens (tertiary/aromatic N) is 6. The molecule has 1 amide bonds. The molecule has 1 saturated heterocycles. The van der Waals surface area contributed by atoms with Gasteiger partial charge in [-0.15, -0.1) is 0 Å². The summed E-state index contributed by atoms with van der Waals surface area (Å²) in [5, 5.41) is 0. The standard InChI is InChI=1S/C26H29N7O3/c1-19(17-34)5-6-28-23-14-21(15-24(30-23)32-10-7-27-18-32)33-11-12-36-22-13-20(16-29-25(22)33)26(35)31-8-3-2-4-9-31/h7,10,13-18H,1-6,8-9,11-12H2,(H,28,30).